The fraction of sp³-hybridized carbons (Fsp3) is 0.421. The zero-order valence-electron chi connectivity index (χ0n) is 15.1. The van der Waals surface area contributed by atoms with Crippen molar-refractivity contribution in [2.24, 2.45) is 0 Å². The molecule has 1 aliphatic heterocycles. The van der Waals surface area contributed by atoms with E-state index in [-0.39, 0.29) is 0 Å². The Morgan fingerprint density at radius 1 is 1.15 bits per heavy atom. The second-order valence-electron chi connectivity index (χ2n) is 6.60. The molecule has 0 spiro atoms. The minimum atomic E-state index is -2.70. The summed E-state index contributed by atoms with van der Waals surface area (Å²) < 4.78 is 24.6. The van der Waals surface area contributed by atoms with Gasteiger partial charge in [-0.3, -0.25) is 4.90 Å². The number of nitrogens with zero attached hydrogens (tertiary/aromatic N) is 2. The molecule has 0 bridgehead atoms. The van der Waals surface area contributed by atoms with E-state index in [2.05, 4.69) is 39.5 Å². The number of ether oxygens (including phenoxy) is 1. The summed E-state index contributed by atoms with van der Waals surface area (Å²) in [7, 11) is -2.70. The fourth-order valence-electron chi connectivity index (χ4n) is 2.88. The van der Waals surface area contributed by atoms with Crippen molar-refractivity contribution in [3.8, 4) is 0 Å². The van der Waals surface area contributed by atoms with E-state index in [4.69, 9.17) is 9.52 Å². The highest BCUT2D eigenvalue weighted by Crippen LogP contribution is 2.12. The quantitative estimate of drug-likeness (QED) is 0.779. The Bertz CT molecular complexity index is 798. The third-order valence-electron chi connectivity index (χ3n) is 4.44. The SMILES string of the molecule is CS(=N)(=O)c1ccc(NCCc2ccc(CN3CCOCC3)cc2)nc1. The molecule has 2 N–H and O–H groups in total. The average molecular weight is 375 g/mol. The molecule has 1 saturated heterocycles. The highest BCUT2D eigenvalue weighted by molar-refractivity contribution is 7.91. The number of morpholine rings is 1. The number of hydrogen-bond donors (Lipinski definition) is 2. The number of anilines is 1. The van der Waals surface area contributed by atoms with Crippen molar-refractivity contribution in [2.75, 3.05) is 44.4 Å². The van der Waals surface area contributed by atoms with Crippen LogP contribution in [-0.2, 0) is 27.4 Å². The summed E-state index contributed by atoms with van der Waals surface area (Å²) in [6.45, 7) is 5.42. The molecule has 140 valence electrons. The molecule has 1 unspecified atom stereocenters. The first-order valence-corrected chi connectivity index (χ1v) is 10.8. The van der Waals surface area contributed by atoms with Crippen LogP contribution < -0.4 is 5.32 Å². The minimum absolute atomic E-state index is 0.457. The van der Waals surface area contributed by atoms with Crippen molar-refractivity contribution < 1.29 is 8.95 Å². The highest BCUT2D eigenvalue weighted by atomic mass is 32.2. The van der Waals surface area contributed by atoms with Gasteiger partial charge >= 0.3 is 0 Å². The van der Waals surface area contributed by atoms with Gasteiger partial charge in [0.1, 0.15) is 5.82 Å². The third kappa shape index (κ3) is 5.52. The monoisotopic (exact) mass is 374 g/mol. The molecule has 26 heavy (non-hydrogen) atoms. The first-order chi connectivity index (χ1) is 12.5. The molecule has 1 aromatic carbocycles. The van der Waals surface area contributed by atoms with Gasteiger partial charge in [-0.15, -0.1) is 0 Å². The van der Waals surface area contributed by atoms with Gasteiger partial charge in [-0.25, -0.2) is 14.0 Å². The molecule has 1 aliphatic rings. The summed E-state index contributed by atoms with van der Waals surface area (Å²) in [4.78, 5) is 7.10. The highest BCUT2D eigenvalue weighted by Gasteiger charge is 2.10. The van der Waals surface area contributed by atoms with Crippen LogP contribution in [0.15, 0.2) is 47.5 Å². The molecule has 2 heterocycles. The second-order valence-corrected chi connectivity index (χ2v) is 8.76. The van der Waals surface area contributed by atoms with Crippen LogP contribution in [0.3, 0.4) is 0 Å². The second kappa shape index (κ2) is 8.62. The van der Waals surface area contributed by atoms with E-state index in [1.54, 1.807) is 12.1 Å². The van der Waals surface area contributed by atoms with Gasteiger partial charge in [-0.05, 0) is 29.7 Å². The van der Waals surface area contributed by atoms with Gasteiger partial charge in [0.2, 0.25) is 0 Å². The van der Waals surface area contributed by atoms with E-state index in [1.807, 2.05) is 0 Å². The lowest BCUT2D eigenvalue weighted by molar-refractivity contribution is 0.0342. The predicted octanol–water partition coefficient (Wildman–Crippen LogP) is 2.60. The number of aromatic nitrogens is 1. The smallest absolute Gasteiger partial charge is 0.125 e. The summed E-state index contributed by atoms with van der Waals surface area (Å²) in [5.41, 5.74) is 2.61. The summed E-state index contributed by atoms with van der Waals surface area (Å²) in [5.74, 6) is 0.737. The zero-order chi connectivity index (χ0) is 18.4. The number of pyridine rings is 1. The molecule has 6 nitrogen and oxygen atoms in total. The molecule has 0 amide bonds. The van der Waals surface area contributed by atoms with Gasteiger partial charge < -0.3 is 10.1 Å². The Morgan fingerprint density at radius 3 is 2.46 bits per heavy atom. The van der Waals surface area contributed by atoms with E-state index in [9.17, 15) is 4.21 Å². The molecule has 2 aromatic rings. The Kier molecular flexibility index (Phi) is 6.24. The van der Waals surface area contributed by atoms with Gasteiger partial charge in [-0.1, -0.05) is 24.3 Å². The molecule has 3 rings (SSSR count). The van der Waals surface area contributed by atoms with Crippen LogP contribution in [0, 0.1) is 4.78 Å². The van der Waals surface area contributed by atoms with Crippen LogP contribution in [-0.4, -0.2) is 53.2 Å². The number of rotatable bonds is 7. The lowest BCUT2D eigenvalue weighted by Crippen LogP contribution is -2.35. The molecule has 7 heteroatoms. The van der Waals surface area contributed by atoms with E-state index in [0.29, 0.717) is 4.90 Å². The maximum atomic E-state index is 11.6. The summed E-state index contributed by atoms with van der Waals surface area (Å²) in [6.07, 6.45) is 3.82. The first kappa shape index (κ1) is 18.8. The summed E-state index contributed by atoms with van der Waals surface area (Å²) in [5, 5.41) is 3.26. The first-order valence-electron chi connectivity index (χ1n) is 8.82. The van der Waals surface area contributed by atoms with Crippen LogP contribution in [0.1, 0.15) is 11.1 Å². The standard InChI is InChI=1S/C19H26N4O2S/c1-26(20,24)18-6-7-19(22-14-18)21-9-8-16-2-4-17(5-3-16)15-23-10-12-25-13-11-23/h2-7,14,20H,8-13,15H2,1H3,(H,21,22). The van der Waals surface area contributed by atoms with Crippen LogP contribution in [0.4, 0.5) is 5.82 Å². The number of hydrogen-bond acceptors (Lipinski definition) is 6. The van der Waals surface area contributed by atoms with Gasteiger partial charge in [0.15, 0.2) is 0 Å². The lowest BCUT2D eigenvalue weighted by atomic mass is 10.1. The minimum Gasteiger partial charge on any atom is -0.379 e. The number of benzene rings is 1. The van der Waals surface area contributed by atoms with Gasteiger partial charge in [0, 0.05) is 38.6 Å². The molecule has 1 atom stereocenters. The summed E-state index contributed by atoms with van der Waals surface area (Å²) in [6, 6.07) is 12.2. The molecule has 0 saturated carbocycles. The van der Waals surface area contributed by atoms with E-state index >= 15 is 0 Å². The molecule has 0 aliphatic carbocycles. The van der Waals surface area contributed by atoms with Crippen molar-refractivity contribution in [1.29, 1.82) is 4.78 Å². The van der Waals surface area contributed by atoms with Gasteiger partial charge in [0.25, 0.3) is 0 Å². The van der Waals surface area contributed by atoms with Crippen molar-refractivity contribution in [2.45, 2.75) is 17.9 Å². The molecule has 0 radical (unpaired) electrons. The van der Waals surface area contributed by atoms with E-state index < -0.39 is 9.73 Å². The van der Waals surface area contributed by atoms with Crippen LogP contribution in [0.5, 0.6) is 0 Å². The molecule has 1 aromatic heterocycles. The Labute approximate surface area is 155 Å². The van der Waals surface area contributed by atoms with Crippen LogP contribution in [0.25, 0.3) is 0 Å². The van der Waals surface area contributed by atoms with Gasteiger partial charge in [0.05, 0.1) is 27.8 Å². The number of nitrogens with one attached hydrogen (secondary N) is 2. The predicted molar refractivity (Wildman–Crippen MR) is 104 cm³/mol. The van der Waals surface area contributed by atoms with E-state index in [1.165, 1.54) is 23.6 Å². The largest absolute Gasteiger partial charge is 0.379 e. The summed E-state index contributed by atoms with van der Waals surface area (Å²) >= 11 is 0. The maximum absolute atomic E-state index is 11.6. The fourth-order valence-corrected chi connectivity index (χ4v) is 3.46. The van der Waals surface area contributed by atoms with Crippen molar-refractivity contribution in [3.63, 3.8) is 0 Å². The Hall–Kier alpha value is -1.96. The average Bonchev–Trinajstić information content (AvgIpc) is 2.64. The van der Waals surface area contributed by atoms with Crippen molar-refractivity contribution in [3.05, 3.63) is 53.7 Å². The van der Waals surface area contributed by atoms with Crippen molar-refractivity contribution in [1.82, 2.24) is 9.88 Å². The zero-order valence-corrected chi connectivity index (χ0v) is 15.9. The maximum Gasteiger partial charge on any atom is 0.125 e. The lowest BCUT2D eigenvalue weighted by Gasteiger charge is -2.26. The topological polar surface area (TPSA) is 78.3 Å². The van der Waals surface area contributed by atoms with Gasteiger partial charge in [-0.2, -0.15) is 0 Å². The Morgan fingerprint density at radius 2 is 1.85 bits per heavy atom. The third-order valence-corrected chi connectivity index (χ3v) is 5.58. The van der Waals surface area contributed by atoms with Crippen molar-refractivity contribution >= 4 is 15.5 Å². The molecular weight excluding hydrogens is 348 g/mol. The van der Waals surface area contributed by atoms with Crippen LogP contribution >= 0.6 is 0 Å². The molecular formula is C19H26N4O2S. The van der Waals surface area contributed by atoms with E-state index in [0.717, 1.165) is 51.6 Å². The normalized spacial score (nSPS) is 17.6. The van der Waals surface area contributed by atoms with Crippen LogP contribution in [0.2, 0.25) is 0 Å². The molecule has 1 fully saturated rings. The Balaban J connectivity index is 1.46.